The molecule has 0 radical (unpaired) electrons. The number of rotatable bonds is 1. The number of furan rings is 1. The highest BCUT2D eigenvalue weighted by molar-refractivity contribution is 9.10. The molecule has 0 saturated heterocycles. The van der Waals surface area contributed by atoms with Gasteiger partial charge in [0, 0.05) is 17.1 Å². The zero-order valence-corrected chi connectivity index (χ0v) is 12.1. The van der Waals surface area contributed by atoms with Crippen LogP contribution in [-0.2, 0) is 0 Å². The van der Waals surface area contributed by atoms with E-state index in [1.807, 2.05) is 48.7 Å². The maximum Gasteiger partial charge on any atom is 0.161 e. The van der Waals surface area contributed by atoms with Crippen LogP contribution in [0.4, 0.5) is 0 Å². The van der Waals surface area contributed by atoms with E-state index in [4.69, 9.17) is 4.42 Å². The number of nitrogens with zero attached hydrogens (tertiary/aromatic N) is 1. The van der Waals surface area contributed by atoms with Gasteiger partial charge in [-0.3, -0.25) is 4.98 Å². The Labute approximate surface area is 124 Å². The molecule has 4 rings (SSSR count). The van der Waals surface area contributed by atoms with E-state index in [0.717, 1.165) is 37.7 Å². The lowest BCUT2D eigenvalue weighted by atomic mass is 10.1. The van der Waals surface area contributed by atoms with Gasteiger partial charge in [-0.25, -0.2) is 0 Å². The number of hydrogen-bond donors (Lipinski definition) is 0. The van der Waals surface area contributed by atoms with Crippen molar-refractivity contribution in [3.63, 3.8) is 0 Å². The molecular weight excluding hydrogens is 314 g/mol. The first-order valence-corrected chi connectivity index (χ1v) is 7.15. The van der Waals surface area contributed by atoms with E-state index in [1.54, 1.807) is 0 Å². The fourth-order valence-corrected chi connectivity index (χ4v) is 2.94. The van der Waals surface area contributed by atoms with Crippen LogP contribution in [0.15, 0.2) is 69.7 Å². The average molecular weight is 324 g/mol. The molecule has 2 heterocycles. The zero-order chi connectivity index (χ0) is 13.5. The van der Waals surface area contributed by atoms with Crippen LogP contribution in [-0.4, -0.2) is 4.98 Å². The molecule has 0 aliphatic carbocycles. The largest absolute Gasteiger partial charge is 0.453 e. The van der Waals surface area contributed by atoms with Gasteiger partial charge in [-0.1, -0.05) is 36.4 Å². The molecule has 0 fully saturated rings. The average Bonchev–Trinajstić information content (AvgIpc) is 2.88. The summed E-state index contributed by atoms with van der Waals surface area (Å²) in [5.74, 6) is 0. The second kappa shape index (κ2) is 4.46. The first-order chi connectivity index (χ1) is 9.84. The SMILES string of the molecule is Brc1cccc2c1oc1c(-c3ccccc3)ccnc12. The van der Waals surface area contributed by atoms with Crippen molar-refractivity contribution in [3.05, 3.63) is 65.3 Å². The van der Waals surface area contributed by atoms with Gasteiger partial charge < -0.3 is 4.42 Å². The first-order valence-electron chi connectivity index (χ1n) is 6.36. The Hall–Kier alpha value is -2.13. The number of halogens is 1. The van der Waals surface area contributed by atoms with Crippen molar-refractivity contribution in [1.29, 1.82) is 0 Å². The number of hydrogen-bond acceptors (Lipinski definition) is 2. The van der Waals surface area contributed by atoms with E-state index in [1.165, 1.54) is 0 Å². The van der Waals surface area contributed by atoms with Crippen molar-refractivity contribution in [2.45, 2.75) is 0 Å². The van der Waals surface area contributed by atoms with E-state index >= 15 is 0 Å². The summed E-state index contributed by atoms with van der Waals surface area (Å²) in [6.45, 7) is 0. The molecule has 0 aliphatic rings. The summed E-state index contributed by atoms with van der Waals surface area (Å²) < 4.78 is 7.01. The molecule has 0 bridgehead atoms. The summed E-state index contributed by atoms with van der Waals surface area (Å²) in [5, 5.41) is 1.03. The molecule has 0 atom stereocenters. The van der Waals surface area contributed by atoms with Crippen molar-refractivity contribution >= 4 is 38.0 Å². The molecule has 0 unspecified atom stereocenters. The zero-order valence-electron chi connectivity index (χ0n) is 10.5. The standard InChI is InChI=1S/C17H10BrNO/c18-14-8-4-7-13-15-17(20-16(13)14)12(9-10-19-15)11-5-2-1-3-6-11/h1-10H. The van der Waals surface area contributed by atoms with Crippen LogP contribution in [0.1, 0.15) is 0 Å². The topological polar surface area (TPSA) is 26.0 Å². The molecule has 0 saturated carbocycles. The summed E-state index contributed by atoms with van der Waals surface area (Å²) in [5.41, 5.74) is 4.79. The molecule has 3 heteroatoms. The van der Waals surface area contributed by atoms with E-state index < -0.39 is 0 Å². The fourth-order valence-electron chi connectivity index (χ4n) is 2.49. The van der Waals surface area contributed by atoms with Crippen molar-refractivity contribution in [3.8, 4) is 11.1 Å². The molecule has 0 amide bonds. The third-order valence-electron chi connectivity index (χ3n) is 3.42. The summed E-state index contributed by atoms with van der Waals surface area (Å²) in [6.07, 6.45) is 1.83. The minimum Gasteiger partial charge on any atom is -0.453 e. The minimum absolute atomic E-state index is 0.834. The van der Waals surface area contributed by atoms with Crippen molar-refractivity contribution in [2.24, 2.45) is 0 Å². The second-order valence-electron chi connectivity index (χ2n) is 4.62. The van der Waals surface area contributed by atoms with E-state index in [0.29, 0.717) is 0 Å². The maximum absolute atomic E-state index is 6.06. The third-order valence-corrected chi connectivity index (χ3v) is 4.04. The Morgan fingerprint density at radius 1 is 0.850 bits per heavy atom. The maximum atomic E-state index is 6.06. The molecule has 0 aliphatic heterocycles. The van der Waals surface area contributed by atoms with Gasteiger partial charge in [0.2, 0.25) is 0 Å². The van der Waals surface area contributed by atoms with Gasteiger partial charge in [-0.2, -0.15) is 0 Å². The van der Waals surface area contributed by atoms with Crippen LogP contribution in [0.2, 0.25) is 0 Å². The highest BCUT2D eigenvalue weighted by Crippen LogP contribution is 2.36. The molecule has 96 valence electrons. The summed E-state index contributed by atoms with van der Waals surface area (Å²) in [7, 11) is 0. The number of aromatic nitrogens is 1. The Kier molecular flexibility index (Phi) is 2.60. The van der Waals surface area contributed by atoms with Crippen LogP contribution < -0.4 is 0 Å². The van der Waals surface area contributed by atoms with Crippen LogP contribution in [0.25, 0.3) is 33.2 Å². The Morgan fingerprint density at radius 2 is 1.70 bits per heavy atom. The van der Waals surface area contributed by atoms with Crippen LogP contribution in [0.5, 0.6) is 0 Å². The van der Waals surface area contributed by atoms with Gasteiger partial charge in [-0.05, 0) is 39.7 Å². The minimum atomic E-state index is 0.834. The number of pyridine rings is 1. The van der Waals surface area contributed by atoms with Gasteiger partial charge in [0.05, 0.1) is 4.47 Å². The molecule has 0 spiro atoms. The predicted molar refractivity (Wildman–Crippen MR) is 84.7 cm³/mol. The third kappa shape index (κ3) is 1.67. The van der Waals surface area contributed by atoms with Crippen molar-refractivity contribution in [1.82, 2.24) is 4.98 Å². The van der Waals surface area contributed by atoms with Gasteiger partial charge in [0.1, 0.15) is 5.52 Å². The lowest BCUT2D eigenvalue weighted by Crippen LogP contribution is -1.80. The quantitative estimate of drug-likeness (QED) is 0.468. The highest BCUT2D eigenvalue weighted by Gasteiger charge is 2.14. The molecule has 2 aromatic heterocycles. The molecule has 2 aromatic carbocycles. The van der Waals surface area contributed by atoms with Gasteiger partial charge in [0.15, 0.2) is 11.2 Å². The van der Waals surface area contributed by atoms with Gasteiger partial charge >= 0.3 is 0 Å². The number of fused-ring (bicyclic) bond motifs is 3. The van der Waals surface area contributed by atoms with Gasteiger partial charge in [0.25, 0.3) is 0 Å². The van der Waals surface area contributed by atoms with Crippen LogP contribution in [0.3, 0.4) is 0 Å². The highest BCUT2D eigenvalue weighted by atomic mass is 79.9. The van der Waals surface area contributed by atoms with Crippen molar-refractivity contribution < 1.29 is 4.42 Å². The molecule has 4 aromatic rings. The molecule has 2 nitrogen and oxygen atoms in total. The fraction of sp³-hybridized carbons (Fsp3) is 0. The number of benzene rings is 2. The molecule has 20 heavy (non-hydrogen) atoms. The van der Waals surface area contributed by atoms with Crippen LogP contribution in [0, 0.1) is 0 Å². The van der Waals surface area contributed by atoms with E-state index in [-0.39, 0.29) is 0 Å². The molecular formula is C17H10BrNO. The monoisotopic (exact) mass is 323 g/mol. The summed E-state index contributed by atoms with van der Waals surface area (Å²) in [4.78, 5) is 4.48. The Bertz CT molecular complexity index is 912. The van der Waals surface area contributed by atoms with E-state index in [9.17, 15) is 0 Å². The Balaban J connectivity index is 2.14. The normalized spacial score (nSPS) is 11.2. The van der Waals surface area contributed by atoms with E-state index in [2.05, 4.69) is 33.0 Å². The Morgan fingerprint density at radius 3 is 2.55 bits per heavy atom. The van der Waals surface area contributed by atoms with Crippen molar-refractivity contribution in [2.75, 3.05) is 0 Å². The molecule has 0 N–H and O–H groups in total. The first kappa shape index (κ1) is 11.7. The predicted octanol–water partition coefficient (Wildman–Crippen LogP) is 5.41. The summed E-state index contributed by atoms with van der Waals surface area (Å²) >= 11 is 3.53. The lowest BCUT2D eigenvalue weighted by molar-refractivity contribution is 0.667. The second-order valence-corrected chi connectivity index (χ2v) is 5.48. The van der Waals surface area contributed by atoms with Crippen LogP contribution >= 0.6 is 15.9 Å². The summed E-state index contributed by atoms with van der Waals surface area (Å²) in [6, 6.07) is 18.2. The lowest BCUT2D eigenvalue weighted by Gasteiger charge is -2.01. The van der Waals surface area contributed by atoms with Gasteiger partial charge in [-0.15, -0.1) is 0 Å². The number of para-hydroxylation sites is 1. The smallest absolute Gasteiger partial charge is 0.161 e.